The van der Waals surface area contributed by atoms with Gasteiger partial charge in [0.15, 0.2) is 0 Å². The standard InChI is InChI=1S/C15H22BrNO4S/c1-12-6-8-13(9-7-12)22(19,20)17(11-5-10-16)14(18)21-15(2,3)4/h6-9H,5,10-11H2,1-4H3. The number of rotatable bonds is 5. The Bertz CT molecular complexity index is 605. The van der Waals surface area contributed by atoms with E-state index >= 15 is 0 Å². The summed E-state index contributed by atoms with van der Waals surface area (Å²) in [4.78, 5) is 12.3. The fourth-order valence-electron chi connectivity index (χ4n) is 1.66. The first-order valence-electron chi connectivity index (χ1n) is 6.96. The Balaban J connectivity index is 3.14. The number of carbonyl (C=O) groups is 1. The number of sulfonamides is 1. The number of carbonyl (C=O) groups excluding carboxylic acids is 1. The molecule has 0 bridgehead atoms. The first-order chi connectivity index (χ1) is 10.1. The van der Waals surface area contributed by atoms with E-state index in [1.54, 1.807) is 32.9 Å². The van der Waals surface area contributed by atoms with Crippen molar-refractivity contribution in [1.29, 1.82) is 0 Å². The summed E-state index contributed by atoms with van der Waals surface area (Å²) in [6.45, 7) is 7.04. The van der Waals surface area contributed by atoms with Crippen LogP contribution in [0.15, 0.2) is 29.2 Å². The minimum absolute atomic E-state index is 0.0658. The number of nitrogens with zero attached hydrogens (tertiary/aromatic N) is 1. The zero-order chi connectivity index (χ0) is 17.0. The molecule has 1 aromatic rings. The highest BCUT2D eigenvalue weighted by atomic mass is 79.9. The van der Waals surface area contributed by atoms with E-state index in [9.17, 15) is 13.2 Å². The number of hydrogen-bond acceptors (Lipinski definition) is 4. The van der Waals surface area contributed by atoms with Gasteiger partial charge in [-0.25, -0.2) is 17.5 Å². The van der Waals surface area contributed by atoms with Crippen LogP contribution >= 0.6 is 15.9 Å². The predicted octanol–water partition coefficient (Wildman–Crippen LogP) is 3.71. The molecule has 0 fully saturated rings. The number of ether oxygens (including phenoxy) is 1. The van der Waals surface area contributed by atoms with Crippen LogP contribution in [0.1, 0.15) is 32.8 Å². The summed E-state index contributed by atoms with van der Waals surface area (Å²) < 4.78 is 31.4. The van der Waals surface area contributed by atoms with E-state index in [-0.39, 0.29) is 11.4 Å². The van der Waals surface area contributed by atoms with Crippen LogP contribution in [0.2, 0.25) is 0 Å². The minimum Gasteiger partial charge on any atom is -0.443 e. The first kappa shape index (κ1) is 19.0. The van der Waals surface area contributed by atoms with Crippen molar-refractivity contribution in [3.63, 3.8) is 0 Å². The summed E-state index contributed by atoms with van der Waals surface area (Å²) in [5.74, 6) is 0. The van der Waals surface area contributed by atoms with Crippen LogP contribution in [0.5, 0.6) is 0 Å². The lowest BCUT2D eigenvalue weighted by molar-refractivity contribution is 0.0391. The Morgan fingerprint density at radius 3 is 2.23 bits per heavy atom. The second kappa shape index (κ2) is 7.46. The molecule has 0 N–H and O–H groups in total. The second-order valence-electron chi connectivity index (χ2n) is 5.91. The van der Waals surface area contributed by atoms with Gasteiger partial charge in [-0.3, -0.25) is 0 Å². The molecule has 0 aromatic heterocycles. The van der Waals surface area contributed by atoms with Gasteiger partial charge in [-0.15, -0.1) is 0 Å². The van der Waals surface area contributed by atoms with Gasteiger partial charge in [-0.2, -0.15) is 0 Å². The Morgan fingerprint density at radius 1 is 1.23 bits per heavy atom. The molecule has 0 unspecified atom stereocenters. The third-order valence-corrected chi connectivity index (χ3v) is 5.04. The van der Waals surface area contributed by atoms with E-state index < -0.39 is 21.7 Å². The van der Waals surface area contributed by atoms with E-state index in [1.807, 2.05) is 6.92 Å². The number of amides is 1. The van der Waals surface area contributed by atoms with E-state index in [0.29, 0.717) is 11.8 Å². The normalized spacial score (nSPS) is 12.0. The molecule has 0 aliphatic heterocycles. The molecule has 0 radical (unpaired) electrons. The molecule has 0 atom stereocenters. The van der Waals surface area contributed by atoms with Gasteiger partial charge in [0.25, 0.3) is 10.0 Å². The fraction of sp³-hybridized carbons (Fsp3) is 0.533. The van der Waals surface area contributed by atoms with Crippen LogP contribution in [0.25, 0.3) is 0 Å². The average molecular weight is 392 g/mol. The van der Waals surface area contributed by atoms with Crippen molar-refractivity contribution in [2.45, 2.75) is 44.6 Å². The quantitative estimate of drug-likeness (QED) is 0.717. The van der Waals surface area contributed by atoms with E-state index in [0.717, 1.165) is 9.87 Å². The summed E-state index contributed by atoms with van der Waals surface area (Å²) in [7, 11) is -3.92. The number of benzene rings is 1. The highest BCUT2D eigenvalue weighted by molar-refractivity contribution is 9.09. The number of hydrogen-bond donors (Lipinski definition) is 0. The van der Waals surface area contributed by atoms with E-state index in [1.165, 1.54) is 12.1 Å². The lowest BCUT2D eigenvalue weighted by Gasteiger charge is -2.26. The predicted molar refractivity (Wildman–Crippen MR) is 89.7 cm³/mol. The molecule has 7 heteroatoms. The summed E-state index contributed by atoms with van der Waals surface area (Å²) in [5.41, 5.74) is 0.190. The van der Waals surface area contributed by atoms with Crippen molar-refractivity contribution >= 4 is 32.0 Å². The zero-order valence-electron chi connectivity index (χ0n) is 13.3. The van der Waals surface area contributed by atoms with E-state index in [2.05, 4.69) is 15.9 Å². The van der Waals surface area contributed by atoms with Gasteiger partial charge in [0, 0.05) is 11.9 Å². The molecule has 1 rings (SSSR count). The van der Waals surface area contributed by atoms with Crippen LogP contribution in [0.3, 0.4) is 0 Å². The number of aryl methyl sites for hydroxylation is 1. The maximum Gasteiger partial charge on any atom is 0.424 e. The van der Waals surface area contributed by atoms with Crippen molar-refractivity contribution in [3.8, 4) is 0 Å². The molecule has 124 valence electrons. The second-order valence-corrected chi connectivity index (χ2v) is 8.57. The van der Waals surface area contributed by atoms with Crippen molar-refractivity contribution < 1.29 is 17.9 Å². The highest BCUT2D eigenvalue weighted by Gasteiger charge is 2.32. The van der Waals surface area contributed by atoms with Gasteiger partial charge < -0.3 is 4.74 Å². The van der Waals surface area contributed by atoms with Crippen molar-refractivity contribution in [2.24, 2.45) is 0 Å². The third kappa shape index (κ3) is 5.28. The van der Waals surface area contributed by atoms with Crippen LogP contribution in [-0.2, 0) is 14.8 Å². The maximum absolute atomic E-state index is 12.7. The van der Waals surface area contributed by atoms with E-state index in [4.69, 9.17) is 4.74 Å². The molecule has 1 amide bonds. The minimum atomic E-state index is -3.92. The lowest BCUT2D eigenvalue weighted by atomic mass is 10.2. The van der Waals surface area contributed by atoms with Crippen LogP contribution < -0.4 is 0 Å². The molecule has 0 aliphatic carbocycles. The van der Waals surface area contributed by atoms with Crippen LogP contribution in [0.4, 0.5) is 4.79 Å². The summed E-state index contributed by atoms with van der Waals surface area (Å²) in [6, 6.07) is 6.39. The average Bonchev–Trinajstić information content (AvgIpc) is 2.37. The van der Waals surface area contributed by atoms with Crippen LogP contribution in [0, 0.1) is 6.92 Å². The van der Waals surface area contributed by atoms with Crippen molar-refractivity contribution in [1.82, 2.24) is 4.31 Å². The lowest BCUT2D eigenvalue weighted by Crippen LogP contribution is -2.41. The van der Waals surface area contributed by atoms with Crippen molar-refractivity contribution in [3.05, 3.63) is 29.8 Å². The molecule has 1 aromatic carbocycles. The maximum atomic E-state index is 12.7. The van der Waals surface area contributed by atoms with Gasteiger partial charge in [0.1, 0.15) is 5.60 Å². The molecular formula is C15H22BrNO4S. The molecule has 5 nitrogen and oxygen atoms in total. The smallest absolute Gasteiger partial charge is 0.424 e. The van der Waals surface area contributed by atoms with Gasteiger partial charge in [0.2, 0.25) is 0 Å². The summed E-state index contributed by atoms with van der Waals surface area (Å²) in [6.07, 6.45) is -0.348. The Hall–Kier alpha value is -1.08. The third-order valence-electron chi connectivity index (χ3n) is 2.70. The summed E-state index contributed by atoms with van der Waals surface area (Å²) in [5, 5.41) is 0.593. The number of alkyl halides is 1. The molecule has 0 spiro atoms. The monoisotopic (exact) mass is 391 g/mol. The molecular weight excluding hydrogens is 370 g/mol. The van der Waals surface area contributed by atoms with Gasteiger partial charge in [0.05, 0.1) is 4.90 Å². The summed E-state index contributed by atoms with van der Waals surface area (Å²) >= 11 is 3.25. The fourth-order valence-corrected chi connectivity index (χ4v) is 3.25. The highest BCUT2D eigenvalue weighted by Crippen LogP contribution is 2.20. The molecule has 0 saturated heterocycles. The zero-order valence-corrected chi connectivity index (χ0v) is 15.7. The van der Waals surface area contributed by atoms with Crippen molar-refractivity contribution in [2.75, 3.05) is 11.9 Å². The molecule has 0 saturated carbocycles. The molecule has 0 aliphatic rings. The Morgan fingerprint density at radius 2 is 1.77 bits per heavy atom. The Labute approximate surface area is 140 Å². The Kier molecular flexibility index (Phi) is 6.43. The SMILES string of the molecule is Cc1ccc(S(=O)(=O)N(CCCBr)C(=O)OC(C)(C)C)cc1. The van der Waals surface area contributed by atoms with Gasteiger partial charge in [-0.1, -0.05) is 33.6 Å². The van der Waals surface area contributed by atoms with Gasteiger partial charge >= 0.3 is 6.09 Å². The number of halogens is 1. The molecule has 0 heterocycles. The van der Waals surface area contributed by atoms with Gasteiger partial charge in [-0.05, 0) is 46.2 Å². The topological polar surface area (TPSA) is 63.7 Å². The first-order valence-corrected chi connectivity index (χ1v) is 9.52. The largest absolute Gasteiger partial charge is 0.443 e. The van der Waals surface area contributed by atoms with Crippen LogP contribution in [-0.4, -0.2) is 36.3 Å². The molecule has 22 heavy (non-hydrogen) atoms.